The molecule has 0 saturated carbocycles. The fraction of sp³-hybridized carbons (Fsp3) is 0.467. The van der Waals surface area contributed by atoms with Crippen LogP contribution in [0.1, 0.15) is 45.1 Å². The Balaban J connectivity index is 2.72. The molecule has 0 aromatic heterocycles. The quantitative estimate of drug-likeness (QED) is 0.637. The van der Waals surface area contributed by atoms with E-state index in [-0.39, 0.29) is 6.10 Å². The Labute approximate surface area is 99.1 Å². The van der Waals surface area contributed by atoms with E-state index in [9.17, 15) is 0 Å². The summed E-state index contributed by atoms with van der Waals surface area (Å²) in [4.78, 5) is 0. The molecule has 0 bridgehead atoms. The van der Waals surface area contributed by atoms with Gasteiger partial charge in [-0.25, -0.2) is 0 Å². The van der Waals surface area contributed by atoms with E-state index in [0.717, 1.165) is 18.6 Å². The lowest BCUT2D eigenvalue weighted by Crippen LogP contribution is -2.05. The average Bonchev–Trinajstić information content (AvgIpc) is 2.26. The molecule has 0 aliphatic carbocycles. The topological polar surface area (TPSA) is 9.23 Å². The molecule has 0 saturated heterocycles. The van der Waals surface area contributed by atoms with Crippen LogP contribution in [0.5, 0.6) is 5.75 Å². The molecule has 88 valence electrons. The van der Waals surface area contributed by atoms with Crippen molar-refractivity contribution in [2.24, 2.45) is 0 Å². The third-order valence-electron chi connectivity index (χ3n) is 2.67. The zero-order chi connectivity index (χ0) is 12.0. The van der Waals surface area contributed by atoms with E-state index in [0.29, 0.717) is 5.92 Å². The van der Waals surface area contributed by atoms with Gasteiger partial charge in [-0.15, -0.1) is 6.58 Å². The first kappa shape index (κ1) is 12.8. The Morgan fingerprint density at radius 2 is 1.88 bits per heavy atom. The lowest BCUT2D eigenvalue weighted by Gasteiger charge is -2.14. The molecule has 1 rings (SSSR count). The highest BCUT2D eigenvalue weighted by molar-refractivity contribution is 5.29. The van der Waals surface area contributed by atoms with Crippen LogP contribution in [0.4, 0.5) is 0 Å². The predicted octanol–water partition coefficient (Wildman–Crippen LogP) is 4.54. The molecule has 1 aromatic carbocycles. The van der Waals surface area contributed by atoms with Crippen molar-refractivity contribution in [2.75, 3.05) is 0 Å². The summed E-state index contributed by atoms with van der Waals surface area (Å²) < 4.78 is 5.62. The summed E-state index contributed by atoms with van der Waals surface area (Å²) in [5, 5.41) is 0. The zero-order valence-corrected chi connectivity index (χ0v) is 10.6. The van der Waals surface area contributed by atoms with Crippen molar-refractivity contribution in [2.45, 2.75) is 45.6 Å². The second-order valence-corrected chi connectivity index (χ2v) is 4.37. The Morgan fingerprint density at radius 1 is 1.25 bits per heavy atom. The first-order valence-corrected chi connectivity index (χ1v) is 6.04. The van der Waals surface area contributed by atoms with Gasteiger partial charge in [0, 0.05) is 0 Å². The fourth-order valence-electron chi connectivity index (χ4n) is 1.83. The molecule has 0 aliphatic heterocycles. The third kappa shape index (κ3) is 3.73. The molecule has 0 aliphatic rings. The van der Waals surface area contributed by atoms with Crippen molar-refractivity contribution >= 4 is 0 Å². The van der Waals surface area contributed by atoms with Crippen LogP contribution in [0.25, 0.3) is 0 Å². The summed E-state index contributed by atoms with van der Waals surface area (Å²) in [7, 11) is 0. The number of hydrogen-bond acceptors (Lipinski definition) is 1. The van der Waals surface area contributed by atoms with Crippen LogP contribution in [0.15, 0.2) is 36.9 Å². The highest BCUT2D eigenvalue weighted by Crippen LogP contribution is 2.25. The number of hydrogen-bond donors (Lipinski definition) is 0. The average molecular weight is 218 g/mol. The molecule has 1 nitrogen and oxygen atoms in total. The largest absolute Gasteiger partial charge is 0.491 e. The first-order valence-electron chi connectivity index (χ1n) is 6.04. The van der Waals surface area contributed by atoms with Crippen molar-refractivity contribution in [3.8, 4) is 5.75 Å². The molecule has 1 atom stereocenters. The van der Waals surface area contributed by atoms with E-state index in [2.05, 4.69) is 37.8 Å². The van der Waals surface area contributed by atoms with Gasteiger partial charge in [-0.05, 0) is 50.3 Å². The molecule has 0 N–H and O–H groups in total. The smallest absolute Gasteiger partial charge is 0.119 e. The number of rotatable bonds is 6. The Hall–Kier alpha value is -1.24. The molecule has 16 heavy (non-hydrogen) atoms. The number of ether oxygens (including phenoxy) is 1. The van der Waals surface area contributed by atoms with Crippen LogP contribution < -0.4 is 4.74 Å². The fourth-order valence-corrected chi connectivity index (χ4v) is 1.83. The molecule has 0 amide bonds. The third-order valence-corrected chi connectivity index (χ3v) is 2.67. The monoisotopic (exact) mass is 218 g/mol. The minimum Gasteiger partial charge on any atom is -0.491 e. The van der Waals surface area contributed by atoms with Gasteiger partial charge in [-0.1, -0.05) is 25.1 Å². The molecule has 0 spiro atoms. The second-order valence-electron chi connectivity index (χ2n) is 4.37. The summed E-state index contributed by atoms with van der Waals surface area (Å²) in [5.41, 5.74) is 1.37. The van der Waals surface area contributed by atoms with Crippen LogP contribution in [0.2, 0.25) is 0 Å². The number of benzene rings is 1. The van der Waals surface area contributed by atoms with Crippen molar-refractivity contribution in [1.29, 1.82) is 0 Å². The molecule has 0 heterocycles. The normalized spacial score (nSPS) is 12.5. The lowest BCUT2D eigenvalue weighted by atomic mass is 9.93. The summed E-state index contributed by atoms with van der Waals surface area (Å²) in [6, 6.07) is 8.44. The van der Waals surface area contributed by atoms with Gasteiger partial charge >= 0.3 is 0 Å². The summed E-state index contributed by atoms with van der Waals surface area (Å²) in [5.74, 6) is 1.54. The molecule has 0 fully saturated rings. The van der Waals surface area contributed by atoms with Gasteiger partial charge in [0.05, 0.1) is 6.10 Å². The highest BCUT2D eigenvalue weighted by atomic mass is 16.5. The van der Waals surface area contributed by atoms with E-state index < -0.39 is 0 Å². The van der Waals surface area contributed by atoms with Crippen LogP contribution in [0, 0.1) is 0 Å². The minimum atomic E-state index is 0.237. The van der Waals surface area contributed by atoms with E-state index in [1.807, 2.05) is 19.9 Å². The van der Waals surface area contributed by atoms with Gasteiger partial charge in [0.1, 0.15) is 5.75 Å². The first-order chi connectivity index (χ1) is 7.67. The van der Waals surface area contributed by atoms with Gasteiger partial charge in [0.15, 0.2) is 0 Å². The maximum absolute atomic E-state index is 5.62. The SMILES string of the molecule is C=CCC(CC)c1ccc(OC(C)C)cc1. The second kappa shape index (κ2) is 6.37. The van der Waals surface area contributed by atoms with E-state index in [1.165, 1.54) is 5.56 Å². The lowest BCUT2D eigenvalue weighted by molar-refractivity contribution is 0.242. The van der Waals surface area contributed by atoms with Crippen LogP contribution in [-0.4, -0.2) is 6.10 Å². The van der Waals surface area contributed by atoms with Gasteiger partial charge in [0.2, 0.25) is 0 Å². The van der Waals surface area contributed by atoms with Gasteiger partial charge in [-0.3, -0.25) is 0 Å². The molecule has 1 heteroatoms. The molecule has 1 aromatic rings. The minimum absolute atomic E-state index is 0.237. The van der Waals surface area contributed by atoms with E-state index in [4.69, 9.17) is 4.74 Å². The zero-order valence-electron chi connectivity index (χ0n) is 10.6. The molecule has 1 unspecified atom stereocenters. The Bertz CT molecular complexity index is 311. The maximum Gasteiger partial charge on any atom is 0.119 e. The summed E-state index contributed by atoms with van der Waals surface area (Å²) >= 11 is 0. The Morgan fingerprint density at radius 3 is 2.31 bits per heavy atom. The number of allylic oxidation sites excluding steroid dienone is 1. The standard InChI is InChI=1S/C15H22O/c1-5-7-13(6-2)14-8-10-15(11-9-14)16-12(3)4/h5,8-13H,1,6-7H2,2-4H3. The van der Waals surface area contributed by atoms with Gasteiger partial charge in [0.25, 0.3) is 0 Å². The maximum atomic E-state index is 5.62. The molecule has 0 radical (unpaired) electrons. The van der Waals surface area contributed by atoms with Crippen LogP contribution in [0.3, 0.4) is 0 Å². The summed E-state index contributed by atoms with van der Waals surface area (Å²) in [6.45, 7) is 10.1. The van der Waals surface area contributed by atoms with E-state index >= 15 is 0 Å². The van der Waals surface area contributed by atoms with Crippen LogP contribution in [-0.2, 0) is 0 Å². The predicted molar refractivity (Wildman–Crippen MR) is 70.1 cm³/mol. The summed E-state index contributed by atoms with van der Waals surface area (Å²) in [6.07, 6.45) is 4.42. The van der Waals surface area contributed by atoms with Gasteiger partial charge < -0.3 is 4.74 Å². The Kier molecular flexibility index (Phi) is 5.10. The van der Waals surface area contributed by atoms with E-state index in [1.54, 1.807) is 0 Å². The van der Waals surface area contributed by atoms with Crippen LogP contribution >= 0.6 is 0 Å². The van der Waals surface area contributed by atoms with Gasteiger partial charge in [-0.2, -0.15) is 0 Å². The van der Waals surface area contributed by atoms with Crippen molar-refractivity contribution in [3.63, 3.8) is 0 Å². The molecular weight excluding hydrogens is 196 g/mol. The van der Waals surface area contributed by atoms with Crippen molar-refractivity contribution in [1.82, 2.24) is 0 Å². The van der Waals surface area contributed by atoms with Crippen molar-refractivity contribution in [3.05, 3.63) is 42.5 Å². The molecular formula is C15H22O. The highest BCUT2D eigenvalue weighted by Gasteiger charge is 2.07. The van der Waals surface area contributed by atoms with Crippen molar-refractivity contribution < 1.29 is 4.74 Å².